The molecular formula is C54H42N2. The summed E-state index contributed by atoms with van der Waals surface area (Å²) in [5.74, 6) is 0.740. The van der Waals surface area contributed by atoms with Crippen molar-refractivity contribution in [2.24, 2.45) is 0 Å². The minimum atomic E-state index is -0.0142. The van der Waals surface area contributed by atoms with Crippen molar-refractivity contribution in [2.45, 2.75) is 38.5 Å². The van der Waals surface area contributed by atoms with Crippen molar-refractivity contribution >= 4 is 16.3 Å². The van der Waals surface area contributed by atoms with E-state index >= 15 is 0 Å². The van der Waals surface area contributed by atoms with Gasteiger partial charge >= 0.3 is 0 Å². The molecule has 1 heterocycles. The highest BCUT2D eigenvalue weighted by molar-refractivity contribution is 5.99. The van der Waals surface area contributed by atoms with Gasteiger partial charge in [0.1, 0.15) is 0 Å². The zero-order chi connectivity index (χ0) is 37.6. The van der Waals surface area contributed by atoms with Gasteiger partial charge in [0.2, 0.25) is 0 Å². The third-order valence-corrected chi connectivity index (χ3v) is 11.8. The minimum Gasteiger partial charge on any atom is -0.228 e. The first-order valence-electron chi connectivity index (χ1n) is 19.8. The quantitative estimate of drug-likeness (QED) is 0.171. The van der Waals surface area contributed by atoms with Crippen LogP contribution in [0.1, 0.15) is 49.9 Å². The van der Waals surface area contributed by atoms with Gasteiger partial charge in [0.25, 0.3) is 0 Å². The Hall–Kier alpha value is -6.64. The van der Waals surface area contributed by atoms with E-state index in [9.17, 15) is 0 Å². The Bertz CT molecular complexity index is 2820. The molecule has 2 aliphatic carbocycles. The molecule has 0 fully saturated rings. The van der Waals surface area contributed by atoms with E-state index in [1.807, 2.05) is 6.07 Å². The molecule has 0 N–H and O–H groups in total. The largest absolute Gasteiger partial charge is 0.228 e. The Balaban J connectivity index is 0.960. The molecule has 0 aliphatic heterocycles. The second-order valence-electron chi connectivity index (χ2n) is 15.6. The van der Waals surface area contributed by atoms with E-state index in [2.05, 4.69) is 190 Å². The minimum absolute atomic E-state index is 0.0142. The molecule has 1 aromatic heterocycles. The van der Waals surface area contributed by atoms with Gasteiger partial charge in [-0.3, -0.25) is 0 Å². The molecule has 2 aliphatic rings. The lowest BCUT2D eigenvalue weighted by Gasteiger charge is -2.22. The Labute approximate surface area is 329 Å². The molecule has 0 saturated heterocycles. The molecule has 0 unspecified atom stereocenters. The van der Waals surface area contributed by atoms with Crippen molar-refractivity contribution in [3.8, 4) is 67.2 Å². The highest BCUT2D eigenvalue weighted by Gasteiger charge is 2.35. The predicted molar refractivity (Wildman–Crippen MR) is 235 cm³/mol. The van der Waals surface area contributed by atoms with Gasteiger partial charge in [0.05, 0.1) is 11.4 Å². The fourth-order valence-corrected chi connectivity index (χ4v) is 8.68. The maximum atomic E-state index is 5.12. The Kier molecular flexibility index (Phi) is 8.41. The lowest BCUT2D eigenvalue weighted by Crippen LogP contribution is -2.14. The van der Waals surface area contributed by atoms with E-state index in [1.165, 1.54) is 72.0 Å². The molecule has 8 aromatic rings. The summed E-state index contributed by atoms with van der Waals surface area (Å²) in [5, 5.41) is 2.46. The van der Waals surface area contributed by atoms with Crippen molar-refractivity contribution in [3.63, 3.8) is 0 Å². The summed E-state index contributed by atoms with van der Waals surface area (Å²) in [6, 6.07) is 59.6. The molecule has 10 rings (SSSR count). The fraction of sp³-hybridized carbons (Fsp3) is 0.111. The van der Waals surface area contributed by atoms with Crippen LogP contribution in [0.5, 0.6) is 0 Å². The third-order valence-electron chi connectivity index (χ3n) is 11.8. The second kappa shape index (κ2) is 13.9. The van der Waals surface area contributed by atoms with Crippen LogP contribution in [0.2, 0.25) is 0 Å². The van der Waals surface area contributed by atoms with Crippen molar-refractivity contribution < 1.29 is 0 Å². The van der Waals surface area contributed by atoms with Crippen LogP contribution < -0.4 is 0 Å². The molecule has 0 bridgehead atoms. The third kappa shape index (κ3) is 6.08. The molecule has 0 spiro atoms. The van der Waals surface area contributed by atoms with Gasteiger partial charge in [0.15, 0.2) is 5.82 Å². The summed E-state index contributed by atoms with van der Waals surface area (Å²) in [6.45, 7) is 4.69. The lowest BCUT2D eigenvalue weighted by atomic mass is 9.81. The zero-order valence-electron chi connectivity index (χ0n) is 31.8. The molecule has 0 saturated carbocycles. The number of hydrogen-bond acceptors (Lipinski definition) is 2. The average molecular weight is 719 g/mol. The van der Waals surface area contributed by atoms with Crippen LogP contribution in [-0.2, 0) is 5.41 Å². The van der Waals surface area contributed by atoms with Gasteiger partial charge in [-0.1, -0.05) is 178 Å². The first-order chi connectivity index (χ1) is 27.5. The van der Waals surface area contributed by atoms with Crippen molar-refractivity contribution in [3.05, 3.63) is 199 Å². The fourth-order valence-electron chi connectivity index (χ4n) is 8.68. The molecule has 0 amide bonds. The number of allylic oxidation sites excluding steroid dienone is 4. The predicted octanol–water partition coefficient (Wildman–Crippen LogP) is 14.4. The second-order valence-corrected chi connectivity index (χ2v) is 15.6. The number of benzene rings is 7. The standard InChI is InChI=1S/C54H42N2/c1-54(2)49-20-11-10-18-46(49)47-32-31-44(34-50(47)54)37-23-21-36(22-24-37)43-30-27-38-17-12-19-45(48(38)33-43)39-25-28-42(29-26-39)53-55-51(40-13-6-3-4-7-14-40)35-52(56-53)41-15-8-5-9-16-41/h5-6,8-35H,3-4,7H2,1-2H3. The summed E-state index contributed by atoms with van der Waals surface area (Å²) >= 11 is 0. The Morgan fingerprint density at radius 3 is 1.91 bits per heavy atom. The summed E-state index contributed by atoms with van der Waals surface area (Å²) in [6.07, 6.45) is 10.1. The lowest BCUT2D eigenvalue weighted by molar-refractivity contribution is 0.660. The van der Waals surface area contributed by atoms with Gasteiger partial charge in [-0.05, 0) is 109 Å². The van der Waals surface area contributed by atoms with Gasteiger partial charge < -0.3 is 0 Å². The number of rotatable bonds is 6. The normalized spacial score (nSPS) is 14.2. The van der Waals surface area contributed by atoms with Crippen LogP contribution in [0, 0.1) is 0 Å². The Morgan fingerprint density at radius 2 is 1.09 bits per heavy atom. The zero-order valence-corrected chi connectivity index (χ0v) is 31.8. The highest BCUT2D eigenvalue weighted by Crippen LogP contribution is 2.49. The smallest absolute Gasteiger partial charge is 0.160 e. The summed E-state index contributed by atoms with van der Waals surface area (Å²) in [4.78, 5) is 10.2. The number of aromatic nitrogens is 2. The topological polar surface area (TPSA) is 25.8 Å². The van der Waals surface area contributed by atoms with Crippen LogP contribution in [0.15, 0.2) is 182 Å². The van der Waals surface area contributed by atoms with E-state index < -0.39 is 0 Å². The number of nitrogens with zero attached hydrogens (tertiary/aromatic N) is 2. The average Bonchev–Trinajstić information content (AvgIpc) is 3.41. The molecule has 56 heavy (non-hydrogen) atoms. The molecule has 0 atom stereocenters. The summed E-state index contributed by atoms with van der Waals surface area (Å²) < 4.78 is 0. The van der Waals surface area contributed by atoms with E-state index in [1.54, 1.807) is 0 Å². The van der Waals surface area contributed by atoms with E-state index in [4.69, 9.17) is 9.97 Å². The maximum absolute atomic E-state index is 5.12. The molecule has 0 radical (unpaired) electrons. The Morgan fingerprint density at radius 1 is 0.446 bits per heavy atom. The maximum Gasteiger partial charge on any atom is 0.160 e. The summed E-state index contributed by atoms with van der Waals surface area (Å²) in [7, 11) is 0. The van der Waals surface area contributed by atoms with Gasteiger partial charge in [-0.25, -0.2) is 9.97 Å². The SMILES string of the molecule is CC1(C)c2ccccc2-c2ccc(-c3ccc(-c4ccc5cccc(-c6ccc(-c7nc(C8=CCCCC=C8)cc(-c8ccccc8)n7)cc6)c5c4)cc3)cc21. The van der Waals surface area contributed by atoms with E-state index in [0.717, 1.165) is 47.6 Å². The van der Waals surface area contributed by atoms with Crippen LogP contribution in [0.3, 0.4) is 0 Å². The molecular weight excluding hydrogens is 677 g/mol. The number of hydrogen-bond donors (Lipinski definition) is 0. The van der Waals surface area contributed by atoms with E-state index in [0.29, 0.717) is 0 Å². The van der Waals surface area contributed by atoms with Gasteiger partial charge in [0, 0.05) is 16.5 Å². The van der Waals surface area contributed by atoms with Crippen LogP contribution in [0.25, 0.3) is 83.5 Å². The van der Waals surface area contributed by atoms with E-state index in [-0.39, 0.29) is 5.41 Å². The highest BCUT2D eigenvalue weighted by atomic mass is 14.9. The summed E-state index contributed by atoms with van der Waals surface area (Å²) in [5.41, 5.74) is 18.0. The van der Waals surface area contributed by atoms with Gasteiger partial charge in [-0.2, -0.15) is 0 Å². The van der Waals surface area contributed by atoms with Crippen LogP contribution >= 0.6 is 0 Å². The van der Waals surface area contributed by atoms with Crippen LogP contribution in [-0.4, -0.2) is 9.97 Å². The van der Waals surface area contributed by atoms with Gasteiger partial charge in [-0.15, -0.1) is 0 Å². The van der Waals surface area contributed by atoms with Crippen LogP contribution in [0.4, 0.5) is 0 Å². The first kappa shape index (κ1) is 33.9. The molecule has 7 aromatic carbocycles. The monoisotopic (exact) mass is 718 g/mol. The molecule has 2 heteroatoms. The van der Waals surface area contributed by atoms with Crippen molar-refractivity contribution in [1.82, 2.24) is 9.97 Å². The molecule has 268 valence electrons. The first-order valence-corrected chi connectivity index (χ1v) is 19.8. The number of fused-ring (bicyclic) bond motifs is 4. The van der Waals surface area contributed by atoms with Crippen molar-refractivity contribution in [1.29, 1.82) is 0 Å². The molecule has 2 nitrogen and oxygen atoms in total. The van der Waals surface area contributed by atoms with Crippen molar-refractivity contribution in [2.75, 3.05) is 0 Å².